The van der Waals surface area contributed by atoms with Crippen LogP contribution in [-0.2, 0) is 4.74 Å². The molecule has 0 radical (unpaired) electrons. The Kier molecular flexibility index (Phi) is 4.33. The van der Waals surface area contributed by atoms with Crippen LogP contribution in [0.15, 0.2) is 29.6 Å². The molecule has 0 bridgehead atoms. The molecular weight excluding hydrogens is 304 g/mol. The molecule has 0 saturated carbocycles. The fourth-order valence-corrected chi connectivity index (χ4v) is 3.17. The number of benzene rings is 1. The maximum absolute atomic E-state index is 5.45. The number of thiazole rings is 1. The summed E-state index contributed by atoms with van der Waals surface area (Å²) in [6.07, 6.45) is 0. The van der Waals surface area contributed by atoms with Crippen molar-refractivity contribution >= 4 is 39.5 Å². The molecule has 1 aliphatic heterocycles. The zero-order valence-electron chi connectivity index (χ0n) is 11.4. The van der Waals surface area contributed by atoms with Crippen LogP contribution in [0.5, 0.6) is 0 Å². The van der Waals surface area contributed by atoms with Gasteiger partial charge in [0, 0.05) is 29.7 Å². The first-order valence-corrected chi connectivity index (χ1v) is 7.96. The van der Waals surface area contributed by atoms with E-state index in [1.165, 1.54) is 0 Å². The van der Waals surface area contributed by atoms with E-state index in [0.717, 1.165) is 48.4 Å². The standard InChI is InChI=1S/C14H16N4OS2/c15-13(20)16-11-3-1-10(2-4-11)12-9-21-14(17-12)18-5-7-19-8-6-18/h1-4,9H,5-8H2,(H3,15,16,20). The van der Waals surface area contributed by atoms with Gasteiger partial charge in [-0.2, -0.15) is 0 Å². The summed E-state index contributed by atoms with van der Waals surface area (Å²) in [5, 5.41) is 6.32. The largest absolute Gasteiger partial charge is 0.378 e. The summed E-state index contributed by atoms with van der Waals surface area (Å²) in [5.74, 6) is 0. The van der Waals surface area contributed by atoms with E-state index in [0.29, 0.717) is 0 Å². The first-order chi connectivity index (χ1) is 10.2. The predicted octanol–water partition coefficient (Wildman–Crippen LogP) is 2.30. The van der Waals surface area contributed by atoms with E-state index in [4.69, 9.17) is 27.7 Å². The molecule has 0 aliphatic carbocycles. The van der Waals surface area contributed by atoms with Crippen LogP contribution in [-0.4, -0.2) is 36.4 Å². The van der Waals surface area contributed by atoms with Crippen LogP contribution in [0.2, 0.25) is 0 Å². The molecule has 1 aliphatic rings. The molecule has 0 unspecified atom stereocenters. The van der Waals surface area contributed by atoms with Crippen molar-refractivity contribution < 1.29 is 4.74 Å². The third-order valence-corrected chi connectivity index (χ3v) is 4.23. The second-order valence-corrected chi connectivity index (χ2v) is 5.96. The van der Waals surface area contributed by atoms with Gasteiger partial charge in [0.05, 0.1) is 18.9 Å². The van der Waals surface area contributed by atoms with Crippen LogP contribution >= 0.6 is 23.6 Å². The van der Waals surface area contributed by atoms with Crippen molar-refractivity contribution in [1.29, 1.82) is 0 Å². The predicted molar refractivity (Wildman–Crippen MR) is 91.0 cm³/mol. The van der Waals surface area contributed by atoms with E-state index in [1.807, 2.05) is 24.3 Å². The molecule has 0 spiro atoms. The molecule has 7 heteroatoms. The van der Waals surface area contributed by atoms with Gasteiger partial charge in [0.15, 0.2) is 10.2 Å². The van der Waals surface area contributed by atoms with Crippen molar-refractivity contribution in [2.45, 2.75) is 0 Å². The summed E-state index contributed by atoms with van der Waals surface area (Å²) < 4.78 is 5.36. The molecule has 1 fully saturated rings. The maximum Gasteiger partial charge on any atom is 0.186 e. The molecule has 110 valence electrons. The fraction of sp³-hybridized carbons (Fsp3) is 0.286. The number of morpholine rings is 1. The van der Waals surface area contributed by atoms with Crippen molar-refractivity contribution in [2.75, 3.05) is 36.5 Å². The quantitative estimate of drug-likeness (QED) is 0.846. The minimum Gasteiger partial charge on any atom is -0.378 e. The van der Waals surface area contributed by atoms with Gasteiger partial charge in [-0.15, -0.1) is 11.3 Å². The van der Waals surface area contributed by atoms with Gasteiger partial charge in [-0.3, -0.25) is 0 Å². The molecule has 0 amide bonds. The zero-order chi connectivity index (χ0) is 14.7. The molecule has 1 saturated heterocycles. The number of hydrogen-bond acceptors (Lipinski definition) is 5. The van der Waals surface area contributed by atoms with Gasteiger partial charge in [0.2, 0.25) is 0 Å². The van der Waals surface area contributed by atoms with E-state index in [9.17, 15) is 0 Å². The van der Waals surface area contributed by atoms with Crippen molar-refractivity contribution in [3.05, 3.63) is 29.6 Å². The third-order valence-electron chi connectivity index (χ3n) is 3.22. The summed E-state index contributed by atoms with van der Waals surface area (Å²) in [5.41, 5.74) is 8.41. The van der Waals surface area contributed by atoms with E-state index in [1.54, 1.807) is 11.3 Å². The number of hydrogen-bond donors (Lipinski definition) is 2. The summed E-state index contributed by atoms with van der Waals surface area (Å²) in [6, 6.07) is 7.92. The Balaban J connectivity index is 1.74. The lowest BCUT2D eigenvalue weighted by atomic mass is 10.1. The zero-order valence-corrected chi connectivity index (χ0v) is 13.0. The lowest BCUT2D eigenvalue weighted by molar-refractivity contribution is 0.122. The average Bonchev–Trinajstić information content (AvgIpc) is 2.98. The second-order valence-electron chi connectivity index (χ2n) is 4.68. The van der Waals surface area contributed by atoms with Crippen molar-refractivity contribution in [1.82, 2.24) is 4.98 Å². The molecule has 1 aromatic carbocycles. The van der Waals surface area contributed by atoms with Crippen molar-refractivity contribution in [2.24, 2.45) is 5.73 Å². The maximum atomic E-state index is 5.45. The summed E-state index contributed by atoms with van der Waals surface area (Å²) in [6.45, 7) is 3.36. The number of nitrogens with zero attached hydrogens (tertiary/aromatic N) is 2. The van der Waals surface area contributed by atoms with E-state index in [2.05, 4.69) is 15.6 Å². The first-order valence-electron chi connectivity index (χ1n) is 6.67. The third kappa shape index (κ3) is 3.49. The highest BCUT2D eigenvalue weighted by atomic mass is 32.1. The lowest BCUT2D eigenvalue weighted by Gasteiger charge is -2.26. The van der Waals surface area contributed by atoms with Crippen LogP contribution in [0.3, 0.4) is 0 Å². The first kappa shape index (κ1) is 14.2. The Labute approximate surface area is 132 Å². The van der Waals surface area contributed by atoms with Crippen LogP contribution in [0.4, 0.5) is 10.8 Å². The number of anilines is 2. The Morgan fingerprint density at radius 1 is 1.29 bits per heavy atom. The molecule has 2 aromatic rings. The monoisotopic (exact) mass is 320 g/mol. The number of thiocarbonyl (C=S) groups is 1. The molecule has 3 N–H and O–H groups in total. The van der Waals surface area contributed by atoms with Crippen LogP contribution in [0.25, 0.3) is 11.3 Å². The summed E-state index contributed by atoms with van der Waals surface area (Å²) in [7, 11) is 0. The Hall–Kier alpha value is -1.70. The Morgan fingerprint density at radius 3 is 2.67 bits per heavy atom. The average molecular weight is 320 g/mol. The molecule has 5 nitrogen and oxygen atoms in total. The molecule has 0 atom stereocenters. The molecular formula is C14H16N4OS2. The van der Waals surface area contributed by atoms with Gasteiger partial charge < -0.3 is 20.7 Å². The Bertz CT molecular complexity index is 620. The normalized spacial score (nSPS) is 15.0. The molecule has 1 aromatic heterocycles. The van der Waals surface area contributed by atoms with Crippen molar-refractivity contribution in [3.8, 4) is 11.3 Å². The van der Waals surface area contributed by atoms with Gasteiger partial charge in [-0.25, -0.2) is 4.98 Å². The highest BCUT2D eigenvalue weighted by Crippen LogP contribution is 2.28. The lowest BCUT2D eigenvalue weighted by Crippen LogP contribution is -2.36. The fourth-order valence-electron chi connectivity index (χ4n) is 2.16. The SMILES string of the molecule is NC(=S)Nc1ccc(-c2csc(N3CCOCC3)n2)cc1. The summed E-state index contributed by atoms with van der Waals surface area (Å²) >= 11 is 6.49. The van der Waals surface area contributed by atoms with Crippen molar-refractivity contribution in [3.63, 3.8) is 0 Å². The van der Waals surface area contributed by atoms with Gasteiger partial charge in [-0.1, -0.05) is 12.1 Å². The number of aromatic nitrogens is 1. The van der Waals surface area contributed by atoms with Gasteiger partial charge in [0.1, 0.15) is 0 Å². The highest BCUT2D eigenvalue weighted by molar-refractivity contribution is 7.80. The molecule has 2 heterocycles. The molecule has 3 rings (SSSR count). The van der Waals surface area contributed by atoms with E-state index in [-0.39, 0.29) is 5.11 Å². The highest BCUT2D eigenvalue weighted by Gasteiger charge is 2.15. The summed E-state index contributed by atoms with van der Waals surface area (Å²) in [4.78, 5) is 6.98. The van der Waals surface area contributed by atoms with Gasteiger partial charge in [-0.05, 0) is 24.4 Å². The number of nitrogens with one attached hydrogen (secondary N) is 1. The minimum atomic E-state index is 0.269. The Morgan fingerprint density at radius 2 is 2.00 bits per heavy atom. The number of rotatable bonds is 3. The van der Waals surface area contributed by atoms with Gasteiger partial charge >= 0.3 is 0 Å². The minimum absolute atomic E-state index is 0.269. The van der Waals surface area contributed by atoms with Crippen LogP contribution in [0, 0.1) is 0 Å². The van der Waals surface area contributed by atoms with Crippen LogP contribution < -0.4 is 16.0 Å². The van der Waals surface area contributed by atoms with Gasteiger partial charge in [0.25, 0.3) is 0 Å². The smallest absolute Gasteiger partial charge is 0.186 e. The van der Waals surface area contributed by atoms with Crippen LogP contribution in [0.1, 0.15) is 0 Å². The van der Waals surface area contributed by atoms with E-state index < -0.39 is 0 Å². The number of ether oxygens (including phenoxy) is 1. The number of nitrogens with two attached hydrogens (primary N) is 1. The molecule has 21 heavy (non-hydrogen) atoms. The second kappa shape index (κ2) is 6.38. The topological polar surface area (TPSA) is 63.4 Å². The van der Waals surface area contributed by atoms with E-state index >= 15 is 0 Å².